The molecule has 2 aromatic heterocycles. The quantitative estimate of drug-likeness (QED) is 0.200. The topological polar surface area (TPSA) is 55.8 Å². The molecule has 1 N–H and O–H groups in total. The third kappa shape index (κ3) is 5.30. The van der Waals surface area contributed by atoms with Gasteiger partial charge in [-0.25, -0.2) is 4.79 Å². The van der Waals surface area contributed by atoms with Crippen molar-refractivity contribution in [1.82, 2.24) is 0 Å². The highest BCUT2D eigenvalue weighted by molar-refractivity contribution is 7.12. The summed E-state index contributed by atoms with van der Waals surface area (Å²) in [4.78, 5) is 14.6. The molecule has 6 rings (SSSR count). The number of benzene rings is 1. The fourth-order valence-electron chi connectivity index (χ4n) is 5.53. The Morgan fingerprint density at radius 1 is 1.03 bits per heavy atom. The van der Waals surface area contributed by atoms with Crippen LogP contribution >= 0.6 is 22.7 Å². The van der Waals surface area contributed by atoms with Gasteiger partial charge in [0.25, 0.3) is 0 Å². The largest absolute Gasteiger partial charge is 0.493 e. The molecule has 3 aliphatic rings. The summed E-state index contributed by atoms with van der Waals surface area (Å²) in [6, 6.07) is 12.0. The van der Waals surface area contributed by atoms with E-state index < -0.39 is 23.3 Å². The molecule has 3 aromatic rings. The van der Waals surface area contributed by atoms with Crippen LogP contribution < -0.4 is 4.74 Å². The van der Waals surface area contributed by atoms with Gasteiger partial charge in [-0.3, -0.25) is 4.48 Å². The van der Waals surface area contributed by atoms with Crippen LogP contribution in [0.15, 0.2) is 59.3 Å². The smallest absolute Gasteiger partial charge is 0.416 e. The Morgan fingerprint density at radius 2 is 1.70 bits per heavy atom. The summed E-state index contributed by atoms with van der Waals surface area (Å²) >= 11 is 2.63. The molecular weight excluding hydrogens is 523 g/mol. The summed E-state index contributed by atoms with van der Waals surface area (Å²) in [5.74, 6) is 0.00973. The van der Waals surface area contributed by atoms with Gasteiger partial charge in [-0.1, -0.05) is 18.2 Å². The highest BCUT2D eigenvalue weighted by atomic mass is 32.1. The van der Waals surface area contributed by atoms with Crippen molar-refractivity contribution in [3.05, 3.63) is 74.6 Å². The molecule has 0 saturated carbocycles. The summed E-state index contributed by atoms with van der Waals surface area (Å²) in [6.07, 6.45) is -1.35. The van der Waals surface area contributed by atoms with Crippen molar-refractivity contribution in [2.24, 2.45) is 5.92 Å². The SMILES string of the molecule is O=C(O[C@@H]1CC2CC[N+]1(CCCOc1cccc(C(F)(F)F)c1)CC2)C(O)(c1cccs1)c1cccs1. The van der Waals surface area contributed by atoms with Gasteiger partial charge in [0.15, 0.2) is 0 Å². The lowest BCUT2D eigenvalue weighted by atomic mass is 9.84. The molecule has 0 unspecified atom stereocenters. The fraction of sp³-hybridized carbons (Fsp3) is 0.444. The Bertz CT molecular complexity index is 1150. The van der Waals surface area contributed by atoms with Gasteiger partial charge >= 0.3 is 12.1 Å². The van der Waals surface area contributed by atoms with Crippen molar-refractivity contribution in [2.75, 3.05) is 26.2 Å². The standard InChI is InChI=1S/C27H29F3NO4S2/c28-27(29,30)20-5-1-6-21(18-20)34-14-4-11-31-12-9-19(10-13-31)17-24(31)35-25(32)26(33,22-7-2-15-36-22)23-8-3-16-37-23/h1-3,5-8,15-16,18-19,24,33H,4,9-14,17H2/q+1/t19?,24-,31?/m1/s1. The Hall–Kier alpha value is -2.40. The Balaban J connectivity index is 1.27. The molecule has 5 heterocycles. The number of hydrogen-bond acceptors (Lipinski definition) is 6. The molecule has 0 aliphatic carbocycles. The Morgan fingerprint density at radius 3 is 2.30 bits per heavy atom. The van der Waals surface area contributed by atoms with Crippen molar-refractivity contribution >= 4 is 28.6 Å². The molecule has 2 bridgehead atoms. The first kappa shape index (κ1) is 26.2. The van der Waals surface area contributed by atoms with Crippen LogP contribution in [0.3, 0.4) is 0 Å². The summed E-state index contributed by atoms with van der Waals surface area (Å²) in [5, 5.41) is 15.3. The third-order valence-corrected chi connectivity index (χ3v) is 9.54. The third-order valence-electron chi connectivity index (χ3n) is 7.58. The molecule has 3 aliphatic heterocycles. The van der Waals surface area contributed by atoms with Crippen LogP contribution in [0.1, 0.15) is 41.0 Å². The summed E-state index contributed by atoms with van der Waals surface area (Å²) in [5.41, 5.74) is -2.59. The minimum atomic E-state index is -4.42. The van der Waals surface area contributed by atoms with Crippen molar-refractivity contribution in [2.45, 2.75) is 43.7 Å². The number of nitrogens with zero attached hydrogens (tertiary/aromatic N) is 1. The van der Waals surface area contributed by atoms with Crippen molar-refractivity contribution < 1.29 is 37.0 Å². The fourth-order valence-corrected chi connectivity index (χ4v) is 7.24. The second-order valence-corrected chi connectivity index (χ2v) is 11.7. The van der Waals surface area contributed by atoms with Crippen LogP contribution in [-0.4, -0.2) is 48.0 Å². The van der Waals surface area contributed by atoms with Crippen molar-refractivity contribution in [1.29, 1.82) is 0 Å². The number of esters is 1. The Kier molecular flexibility index (Phi) is 7.37. The highest BCUT2D eigenvalue weighted by Crippen LogP contribution is 2.42. The summed E-state index contributed by atoms with van der Waals surface area (Å²) < 4.78 is 51.4. The van der Waals surface area contributed by atoms with Gasteiger partial charge in [-0.15, -0.1) is 22.7 Å². The van der Waals surface area contributed by atoms with Gasteiger partial charge in [0.2, 0.25) is 11.8 Å². The number of fused-ring (bicyclic) bond motifs is 3. The van der Waals surface area contributed by atoms with Gasteiger partial charge in [-0.05, 0) is 47.0 Å². The number of carbonyl (C=O) groups is 1. The average molecular weight is 553 g/mol. The van der Waals surface area contributed by atoms with Crippen LogP contribution in [0.5, 0.6) is 5.75 Å². The molecule has 37 heavy (non-hydrogen) atoms. The lowest BCUT2D eigenvalue weighted by Crippen LogP contribution is -2.66. The molecule has 0 radical (unpaired) electrons. The molecule has 3 fully saturated rings. The van der Waals surface area contributed by atoms with Gasteiger partial charge < -0.3 is 14.6 Å². The van der Waals surface area contributed by atoms with E-state index in [0.29, 0.717) is 33.1 Å². The highest BCUT2D eigenvalue weighted by Gasteiger charge is 2.52. The van der Waals surface area contributed by atoms with Crippen LogP contribution in [-0.2, 0) is 21.3 Å². The normalized spacial score (nSPS) is 23.7. The van der Waals surface area contributed by atoms with E-state index in [1.807, 2.05) is 10.8 Å². The van der Waals surface area contributed by atoms with E-state index in [2.05, 4.69) is 0 Å². The van der Waals surface area contributed by atoms with E-state index in [1.165, 1.54) is 34.8 Å². The number of alkyl halides is 3. The summed E-state index contributed by atoms with van der Waals surface area (Å²) in [7, 11) is 0. The minimum absolute atomic E-state index is 0.187. The number of quaternary nitrogens is 1. The van der Waals surface area contributed by atoms with Gasteiger partial charge in [0.05, 0.1) is 41.6 Å². The first-order valence-electron chi connectivity index (χ1n) is 12.4. The van der Waals surface area contributed by atoms with E-state index in [0.717, 1.165) is 44.5 Å². The van der Waals surface area contributed by atoms with E-state index >= 15 is 0 Å². The van der Waals surface area contributed by atoms with Crippen molar-refractivity contribution in [3.8, 4) is 5.75 Å². The van der Waals surface area contributed by atoms with Gasteiger partial charge in [0.1, 0.15) is 5.75 Å². The molecule has 1 aromatic carbocycles. The van der Waals surface area contributed by atoms with E-state index in [-0.39, 0.29) is 18.6 Å². The molecule has 1 atom stereocenters. The minimum Gasteiger partial charge on any atom is -0.493 e. The van der Waals surface area contributed by atoms with E-state index in [1.54, 1.807) is 24.3 Å². The van der Waals surface area contributed by atoms with Crippen LogP contribution in [0.25, 0.3) is 0 Å². The van der Waals surface area contributed by atoms with E-state index in [4.69, 9.17) is 9.47 Å². The number of carbonyl (C=O) groups excluding carboxylic acids is 1. The number of halogens is 3. The van der Waals surface area contributed by atoms with Crippen LogP contribution in [0, 0.1) is 5.92 Å². The molecule has 0 spiro atoms. The molecule has 5 nitrogen and oxygen atoms in total. The lowest BCUT2D eigenvalue weighted by Gasteiger charge is -2.53. The zero-order valence-corrected chi connectivity index (χ0v) is 21.8. The van der Waals surface area contributed by atoms with Crippen LogP contribution in [0.2, 0.25) is 0 Å². The zero-order chi connectivity index (χ0) is 26.1. The predicted octanol–water partition coefficient (Wildman–Crippen LogP) is 6.03. The first-order valence-corrected chi connectivity index (χ1v) is 14.1. The van der Waals surface area contributed by atoms with Crippen molar-refractivity contribution in [3.63, 3.8) is 0 Å². The Labute approximate surface area is 221 Å². The maximum absolute atomic E-state index is 13.6. The average Bonchev–Trinajstić information content (AvgIpc) is 3.62. The monoisotopic (exact) mass is 552 g/mol. The number of rotatable bonds is 9. The lowest BCUT2D eigenvalue weighted by molar-refractivity contribution is -0.984. The molecular formula is C27H29F3NO4S2+. The second kappa shape index (κ2) is 10.4. The number of aliphatic hydroxyl groups is 1. The molecule has 0 amide bonds. The summed E-state index contributed by atoms with van der Waals surface area (Å²) in [6.45, 7) is 2.67. The maximum atomic E-state index is 13.6. The van der Waals surface area contributed by atoms with Gasteiger partial charge in [-0.2, -0.15) is 13.2 Å². The number of ether oxygens (including phenoxy) is 2. The molecule has 198 valence electrons. The molecule has 10 heteroatoms. The van der Waals surface area contributed by atoms with Gasteiger partial charge in [0, 0.05) is 25.7 Å². The zero-order valence-electron chi connectivity index (χ0n) is 20.2. The maximum Gasteiger partial charge on any atom is 0.416 e. The molecule has 3 saturated heterocycles. The number of piperidine rings is 3. The second-order valence-electron chi connectivity index (χ2n) is 9.82. The number of hydrogen-bond donors (Lipinski definition) is 1. The van der Waals surface area contributed by atoms with E-state index in [9.17, 15) is 23.1 Å². The number of thiophene rings is 2. The first-order chi connectivity index (χ1) is 17.7. The predicted molar refractivity (Wildman–Crippen MR) is 135 cm³/mol. The van der Waals surface area contributed by atoms with Crippen LogP contribution in [0.4, 0.5) is 13.2 Å².